The Morgan fingerprint density at radius 1 is 1.71 bits per heavy atom. The van der Waals surface area contributed by atoms with Gasteiger partial charge in [-0.1, -0.05) is 0 Å². The molecule has 0 amide bonds. The Morgan fingerprint density at radius 3 is 2.93 bits per heavy atom. The van der Waals surface area contributed by atoms with Crippen molar-refractivity contribution in [3.63, 3.8) is 0 Å². The van der Waals surface area contributed by atoms with Crippen LogP contribution in [-0.4, -0.2) is 17.6 Å². The summed E-state index contributed by atoms with van der Waals surface area (Å²) in [6.07, 6.45) is 0. The van der Waals surface area contributed by atoms with Gasteiger partial charge in [-0.25, -0.2) is 9.78 Å². The molecule has 0 atom stereocenters. The molecule has 0 unspecified atom stereocenters. The average molecular weight is 306 g/mol. The van der Waals surface area contributed by atoms with E-state index in [1.807, 2.05) is 0 Å². The van der Waals surface area contributed by atoms with E-state index < -0.39 is 0 Å². The summed E-state index contributed by atoms with van der Waals surface area (Å²) in [5.41, 5.74) is 6.77. The smallest absolute Gasteiger partial charge is 0.339 e. The highest BCUT2D eigenvalue weighted by Gasteiger charge is 2.14. The van der Waals surface area contributed by atoms with Gasteiger partial charge < -0.3 is 10.5 Å². The SMILES string of the molecule is CCOC(=O)c1cc(N)nc(C)c1I. The molecule has 4 nitrogen and oxygen atoms in total. The number of pyridine rings is 1. The number of halogens is 1. The average Bonchev–Trinajstić information content (AvgIpc) is 2.11. The largest absolute Gasteiger partial charge is 0.462 e. The van der Waals surface area contributed by atoms with Gasteiger partial charge in [0.15, 0.2) is 0 Å². The number of nitrogens with two attached hydrogens (primary N) is 1. The Bertz CT molecular complexity index is 366. The minimum absolute atomic E-state index is 0.339. The summed E-state index contributed by atoms with van der Waals surface area (Å²) < 4.78 is 5.68. The summed E-state index contributed by atoms with van der Waals surface area (Å²) in [6, 6.07) is 1.53. The zero-order chi connectivity index (χ0) is 10.7. The van der Waals surface area contributed by atoms with E-state index in [1.165, 1.54) is 6.07 Å². The Morgan fingerprint density at radius 2 is 2.36 bits per heavy atom. The zero-order valence-corrected chi connectivity index (χ0v) is 10.2. The van der Waals surface area contributed by atoms with E-state index in [1.54, 1.807) is 13.8 Å². The first-order chi connectivity index (χ1) is 6.56. The van der Waals surface area contributed by atoms with Crippen molar-refractivity contribution < 1.29 is 9.53 Å². The number of aryl methyl sites for hydroxylation is 1. The van der Waals surface area contributed by atoms with Gasteiger partial charge in [0.05, 0.1) is 17.9 Å². The maximum absolute atomic E-state index is 11.5. The van der Waals surface area contributed by atoms with E-state index in [0.29, 0.717) is 18.0 Å². The second-order valence-electron chi connectivity index (χ2n) is 2.71. The third-order valence-electron chi connectivity index (χ3n) is 1.64. The maximum Gasteiger partial charge on any atom is 0.339 e. The standard InChI is InChI=1S/C9H11IN2O2/c1-3-14-9(13)6-4-7(11)12-5(2)8(6)10/h4H,3H2,1-2H3,(H2,11,12). The quantitative estimate of drug-likeness (QED) is 0.668. The third-order valence-corrected chi connectivity index (χ3v) is 3.00. The summed E-state index contributed by atoms with van der Waals surface area (Å²) >= 11 is 2.06. The molecule has 5 heteroatoms. The number of nitrogens with zero attached hydrogens (tertiary/aromatic N) is 1. The predicted molar refractivity (Wildman–Crippen MR) is 62.1 cm³/mol. The first kappa shape index (κ1) is 11.2. The highest BCUT2D eigenvalue weighted by atomic mass is 127. The number of anilines is 1. The molecular weight excluding hydrogens is 295 g/mol. The predicted octanol–water partition coefficient (Wildman–Crippen LogP) is 1.75. The number of rotatable bonds is 2. The van der Waals surface area contributed by atoms with Crippen LogP contribution in [0.3, 0.4) is 0 Å². The van der Waals surface area contributed by atoms with Crippen molar-refractivity contribution in [1.82, 2.24) is 4.98 Å². The maximum atomic E-state index is 11.5. The first-order valence-electron chi connectivity index (χ1n) is 4.16. The molecule has 0 aromatic carbocycles. The van der Waals surface area contributed by atoms with Gasteiger partial charge in [0.25, 0.3) is 0 Å². The molecule has 0 radical (unpaired) electrons. The Balaban J connectivity index is 3.13. The number of aromatic nitrogens is 1. The molecule has 0 bridgehead atoms. The molecule has 1 aromatic heterocycles. The topological polar surface area (TPSA) is 65.2 Å². The molecule has 0 saturated heterocycles. The fourth-order valence-corrected chi connectivity index (χ4v) is 1.54. The van der Waals surface area contributed by atoms with E-state index in [9.17, 15) is 4.79 Å². The molecule has 0 saturated carbocycles. The molecule has 1 aromatic rings. The van der Waals surface area contributed by atoms with Gasteiger partial charge in [-0.2, -0.15) is 0 Å². The van der Waals surface area contributed by atoms with E-state index in [-0.39, 0.29) is 5.97 Å². The summed E-state index contributed by atoms with van der Waals surface area (Å²) in [5.74, 6) is -0.0138. The van der Waals surface area contributed by atoms with Crippen LogP contribution in [0.25, 0.3) is 0 Å². The molecule has 1 heterocycles. The lowest BCUT2D eigenvalue weighted by molar-refractivity contribution is 0.0525. The van der Waals surface area contributed by atoms with Crippen molar-refractivity contribution in [2.24, 2.45) is 0 Å². The third kappa shape index (κ3) is 2.34. The summed E-state index contributed by atoms with van der Waals surface area (Å²) in [4.78, 5) is 15.5. The van der Waals surface area contributed by atoms with E-state index in [4.69, 9.17) is 10.5 Å². The van der Waals surface area contributed by atoms with Crippen LogP contribution in [0.15, 0.2) is 6.07 Å². The number of carbonyl (C=O) groups is 1. The lowest BCUT2D eigenvalue weighted by Crippen LogP contribution is -2.10. The number of hydrogen-bond donors (Lipinski definition) is 1. The summed E-state index contributed by atoms with van der Waals surface area (Å²) in [7, 11) is 0. The van der Waals surface area contributed by atoms with Gasteiger partial charge in [-0.3, -0.25) is 0 Å². The lowest BCUT2D eigenvalue weighted by atomic mass is 10.2. The molecule has 76 valence electrons. The second kappa shape index (κ2) is 4.59. The lowest BCUT2D eigenvalue weighted by Gasteiger charge is -2.06. The second-order valence-corrected chi connectivity index (χ2v) is 3.79. The summed E-state index contributed by atoms with van der Waals surface area (Å²) in [6.45, 7) is 3.93. The highest BCUT2D eigenvalue weighted by molar-refractivity contribution is 14.1. The van der Waals surface area contributed by atoms with Crippen LogP contribution in [-0.2, 0) is 4.74 Å². The van der Waals surface area contributed by atoms with Crippen molar-refractivity contribution >= 4 is 34.4 Å². The van der Waals surface area contributed by atoms with Gasteiger partial charge in [0.2, 0.25) is 0 Å². The molecular formula is C9H11IN2O2. The summed E-state index contributed by atoms with van der Waals surface area (Å²) in [5, 5.41) is 0. The van der Waals surface area contributed by atoms with Crippen LogP contribution in [0.1, 0.15) is 23.0 Å². The molecule has 0 aliphatic rings. The Labute approximate surface area is 96.0 Å². The van der Waals surface area contributed by atoms with Gasteiger partial charge in [0.1, 0.15) is 5.82 Å². The minimum Gasteiger partial charge on any atom is -0.462 e. The fraction of sp³-hybridized carbons (Fsp3) is 0.333. The molecule has 0 aliphatic heterocycles. The van der Waals surface area contributed by atoms with Crippen LogP contribution in [0.4, 0.5) is 5.82 Å². The number of ether oxygens (including phenoxy) is 1. The normalized spacial score (nSPS) is 9.93. The number of nitrogen functional groups attached to an aromatic ring is 1. The monoisotopic (exact) mass is 306 g/mol. The van der Waals surface area contributed by atoms with Crippen LogP contribution >= 0.6 is 22.6 Å². The number of hydrogen-bond acceptors (Lipinski definition) is 4. The molecule has 2 N–H and O–H groups in total. The van der Waals surface area contributed by atoms with Gasteiger partial charge in [-0.05, 0) is 42.5 Å². The van der Waals surface area contributed by atoms with E-state index >= 15 is 0 Å². The molecule has 0 spiro atoms. The number of carbonyl (C=O) groups excluding carboxylic acids is 1. The van der Waals surface area contributed by atoms with Gasteiger partial charge in [-0.15, -0.1) is 0 Å². The minimum atomic E-state index is -0.353. The van der Waals surface area contributed by atoms with Crippen molar-refractivity contribution in [2.45, 2.75) is 13.8 Å². The molecule has 0 aliphatic carbocycles. The molecule has 1 rings (SSSR count). The molecule has 14 heavy (non-hydrogen) atoms. The van der Waals surface area contributed by atoms with Crippen molar-refractivity contribution in [2.75, 3.05) is 12.3 Å². The fourth-order valence-electron chi connectivity index (χ4n) is 1.04. The first-order valence-corrected chi connectivity index (χ1v) is 5.24. The van der Waals surface area contributed by atoms with E-state index in [2.05, 4.69) is 27.6 Å². The highest BCUT2D eigenvalue weighted by Crippen LogP contribution is 2.18. The van der Waals surface area contributed by atoms with Gasteiger partial charge >= 0.3 is 5.97 Å². The van der Waals surface area contributed by atoms with Crippen molar-refractivity contribution in [3.05, 3.63) is 20.9 Å². The van der Waals surface area contributed by atoms with E-state index in [0.717, 1.165) is 9.26 Å². The Kier molecular flexibility index (Phi) is 3.68. The van der Waals surface area contributed by atoms with Crippen molar-refractivity contribution in [1.29, 1.82) is 0 Å². The zero-order valence-electron chi connectivity index (χ0n) is 8.00. The van der Waals surface area contributed by atoms with Gasteiger partial charge in [0, 0.05) is 3.57 Å². The molecule has 0 fully saturated rings. The van der Waals surface area contributed by atoms with Crippen LogP contribution in [0.2, 0.25) is 0 Å². The van der Waals surface area contributed by atoms with Crippen LogP contribution in [0.5, 0.6) is 0 Å². The van der Waals surface area contributed by atoms with Crippen molar-refractivity contribution in [3.8, 4) is 0 Å². The van der Waals surface area contributed by atoms with Crippen LogP contribution in [0, 0.1) is 10.5 Å². The van der Waals surface area contributed by atoms with Crippen LogP contribution < -0.4 is 5.73 Å². The number of esters is 1. The Hall–Kier alpha value is -0.850.